The van der Waals surface area contributed by atoms with E-state index in [4.69, 9.17) is 23.2 Å². The average molecular weight is 459 g/mol. The lowest BCUT2D eigenvalue weighted by molar-refractivity contribution is -0.135. The number of hydrogen-bond acceptors (Lipinski definition) is 4. The molecule has 1 aliphatic heterocycles. The summed E-state index contributed by atoms with van der Waals surface area (Å²) >= 11 is 12.3. The zero-order valence-electron chi connectivity index (χ0n) is 16.6. The van der Waals surface area contributed by atoms with Crippen molar-refractivity contribution in [1.82, 2.24) is 19.4 Å². The summed E-state index contributed by atoms with van der Waals surface area (Å²) in [5.41, 5.74) is 1.76. The number of rotatable bonds is 5. The van der Waals surface area contributed by atoms with E-state index in [2.05, 4.69) is 10.2 Å². The Hall–Kier alpha value is -1.61. The van der Waals surface area contributed by atoms with E-state index < -0.39 is 10.0 Å². The number of nitrogens with one attached hydrogen (secondary N) is 1. The standard InChI is InChI=1S/C19H24Cl2N4O3S/c1-12-18(13(2)23-22-12)29(27,28)25-9-7-14(8-10-25)19(26)24(3)11-15-5-4-6-16(20)17(15)21/h4-6,14H,7-11H2,1-3H3,(H,22,23). The van der Waals surface area contributed by atoms with Crippen molar-refractivity contribution in [2.45, 2.75) is 38.1 Å². The second-order valence-electron chi connectivity index (χ2n) is 7.35. The van der Waals surface area contributed by atoms with Crippen molar-refractivity contribution in [3.8, 4) is 0 Å². The third-order valence-corrected chi connectivity index (χ3v) is 8.30. The van der Waals surface area contributed by atoms with Gasteiger partial charge < -0.3 is 4.90 Å². The summed E-state index contributed by atoms with van der Waals surface area (Å²) in [4.78, 5) is 14.7. The highest BCUT2D eigenvalue weighted by Gasteiger charge is 2.35. The van der Waals surface area contributed by atoms with E-state index in [9.17, 15) is 13.2 Å². The molecule has 1 aromatic heterocycles. The number of carbonyl (C=O) groups excluding carboxylic acids is 1. The second-order valence-corrected chi connectivity index (χ2v) is 10.0. The Balaban J connectivity index is 1.64. The zero-order chi connectivity index (χ0) is 21.3. The molecule has 10 heteroatoms. The molecule has 3 rings (SSSR count). The highest BCUT2D eigenvalue weighted by atomic mass is 35.5. The SMILES string of the molecule is Cc1n[nH]c(C)c1S(=O)(=O)N1CCC(C(=O)N(C)Cc2cccc(Cl)c2Cl)CC1. The van der Waals surface area contributed by atoms with Gasteiger partial charge in [0.05, 0.1) is 21.4 Å². The molecule has 0 aliphatic carbocycles. The van der Waals surface area contributed by atoms with Gasteiger partial charge in [0.15, 0.2) is 0 Å². The zero-order valence-corrected chi connectivity index (χ0v) is 18.9. The molecule has 0 saturated carbocycles. The summed E-state index contributed by atoms with van der Waals surface area (Å²) in [5.74, 6) is -0.246. The predicted molar refractivity (Wildman–Crippen MR) is 112 cm³/mol. The average Bonchev–Trinajstić information content (AvgIpc) is 3.03. The smallest absolute Gasteiger partial charge is 0.246 e. The number of aromatic nitrogens is 2. The van der Waals surface area contributed by atoms with Gasteiger partial charge in [-0.2, -0.15) is 9.40 Å². The first kappa shape index (κ1) is 22.1. The maximum Gasteiger partial charge on any atom is 0.246 e. The van der Waals surface area contributed by atoms with Gasteiger partial charge in [0, 0.05) is 32.6 Å². The number of H-pyrrole nitrogens is 1. The number of nitrogens with zero attached hydrogens (tertiary/aromatic N) is 3. The van der Waals surface area contributed by atoms with Crippen LogP contribution in [0.4, 0.5) is 0 Å². The molecule has 1 amide bonds. The van der Waals surface area contributed by atoms with Crippen LogP contribution in [0.1, 0.15) is 29.8 Å². The van der Waals surface area contributed by atoms with E-state index in [1.807, 2.05) is 6.07 Å². The number of piperidine rings is 1. The van der Waals surface area contributed by atoms with Crippen LogP contribution in [-0.2, 0) is 21.4 Å². The monoisotopic (exact) mass is 458 g/mol. The lowest BCUT2D eigenvalue weighted by atomic mass is 9.96. The largest absolute Gasteiger partial charge is 0.341 e. The van der Waals surface area contributed by atoms with E-state index >= 15 is 0 Å². The lowest BCUT2D eigenvalue weighted by Gasteiger charge is -2.32. The molecule has 1 aromatic carbocycles. The Morgan fingerprint density at radius 2 is 1.93 bits per heavy atom. The fourth-order valence-electron chi connectivity index (χ4n) is 3.71. The summed E-state index contributed by atoms with van der Waals surface area (Å²) in [7, 11) is -1.90. The molecule has 158 valence electrons. The van der Waals surface area contributed by atoms with E-state index in [0.29, 0.717) is 53.9 Å². The molecule has 7 nitrogen and oxygen atoms in total. The Labute approximate surface area is 181 Å². The van der Waals surface area contributed by atoms with Crippen LogP contribution in [0.5, 0.6) is 0 Å². The quantitative estimate of drug-likeness (QED) is 0.743. The highest BCUT2D eigenvalue weighted by molar-refractivity contribution is 7.89. The molecular formula is C19H24Cl2N4O3S. The van der Waals surface area contributed by atoms with Gasteiger partial charge in [0.2, 0.25) is 15.9 Å². The Morgan fingerprint density at radius 1 is 1.28 bits per heavy atom. The molecule has 1 fully saturated rings. The molecule has 2 aromatic rings. The molecule has 0 spiro atoms. The van der Waals surface area contributed by atoms with Gasteiger partial charge >= 0.3 is 0 Å². The topological polar surface area (TPSA) is 86.4 Å². The maximum absolute atomic E-state index is 13.0. The highest BCUT2D eigenvalue weighted by Crippen LogP contribution is 2.29. The Kier molecular flexibility index (Phi) is 6.57. The van der Waals surface area contributed by atoms with Crippen LogP contribution in [-0.4, -0.2) is 53.9 Å². The van der Waals surface area contributed by atoms with Gasteiger partial charge in [-0.05, 0) is 38.3 Å². The molecule has 29 heavy (non-hydrogen) atoms. The van der Waals surface area contributed by atoms with Gasteiger partial charge in [-0.1, -0.05) is 35.3 Å². The van der Waals surface area contributed by atoms with Gasteiger partial charge in [0.25, 0.3) is 0 Å². The van der Waals surface area contributed by atoms with Gasteiger partial charge in [-0.25, -0.2) is 8.42 Å². The van der Waals surface area contributed by atoms with Crippen molar-refractivity contribution in [1.29, 1.82) is 0 Å². The first-order valence-electron chi connectivity index (χ1n) is 9.32. The molecule has 0 atom stereocenters. The minimum Gasteiger partial charge on any atom is -0.341 e. The fraction of sp³-hybridized carbons (Fsp3) is 0.474. The van der Waals surface area contributed by atoms with E-state index in [1.165, 1.54) is 4.31 Å². The Bertz CT molecular complexity index is 995. The summed E-state index contributed by atoms with van der Waals surface area (Å²) in [6.45, 7) is 4.31. The van der Waals surface area contributed by atoms with Crippen LogP contribution in [0.3, 0.4) is 0 Å². The van der Waals surface area contributed by atoms with Crippen LogP contribution < -0.4 is 0 Å². The number of amides is 1. The minimum atomic E-state index is -3.63. The van der Waals surface area contributed by atoms with Crippen molar-refractivity contribution in [2.75, 3.05) is 20.1 Å². The molecule has 1 N–H and O–H groups in total. The van der Waals surface area contributed by atoms with Crippen LogP contribution >= 0.6 is 23.2 Å². The fourth-order valence-corrected chi connectivity index (χ4v) is 5.89. The van der Waals surface area contributed by atoms with Gasteiger partial charge in [0.1, 0.15) is 4.90 Å². The molecule has 1 aliphatic rings. The van der Waals surface area contributed by atoms with E-state index in [-0.39, 0.29) is 16.7 Å². The van der Waals surface area contributed by atoms with Crippen LogP contribution in [0.25, 0.3) is 0 Å². The van der Waals surface area contributed by atoms with Gasteiger partial charge in [-0.3, -0.25) is 9.89 Å². The number of halogens is 2. The van der Waals surface area contributed by atoms with Crippen LogP contribution in [0.2, 0.25) is 10.0 Å². The Morgan fingerprint density at radius 3 is 2.52 bits per heavy atom. The number of aromatic amines is 1. The summed E-state index contributed by atoms with van der Waals surface area (Å²) in [6, 6.07) is 5.34. The molecule has 0 radical (unpaired) electrons. The maximum atomic E-state index is 13.0. The van der Waals surface area contributed by atoms with Crippen LogP contribution in [0.15, 0.2) is 23.1 Å². The number of aryl methyl sites for hydroxylation is 2. The summed E-state index contributed by atoms with van der Waals surface area (Å²) in [5, 5.41) is 7.60. The van der Waals surface area contributed by atoms with Crippen molar-refractivity contribution in [2.24, 2.45) is 5.92 Å². The summed E-state index contributed by atoms with van der Waals surface area (Å²) in [6.07, 6.45) is 0.948. The van der Waals surface area contributed by atoms with E-state index in [1.54, 1.807) is 37.9 Å². The van der Waals surface area contributed by atoms with Crippen molar-refractivity contribution < 1.29 is 13.2 Å². The molecule has 2 heterocycles. The molecule has 0 bridgehead atoms. The van der Waals surface area contributed by atoms with Gasteiger partial charge in [-0.15, -0.1) is 0 Å². The molecule has 1 saturated heterocycles. The van der Waals surface area contributed by atoms with Crippen molar-refractivity contribution in [3.05, 3.63) is 45.2 Å². The lowest BCUT2D eigenvalue weighted by Crippen LogP contribution is -2.43. The third kappa shape index (κ3) is 4.45. The normalized spacial score (nSPS) is 16.2. The third-order valence-electron chi connectivity index (χ3n) is 5.28. The molecular weight excluding hydrogens is 435 g/mol. The number of hydrogen-bond donors (Lipinski definition) is 1. The number of benzene rings is 1. The summed E-state index contributed by atoms with van der Waals surface area (Å²) < 4.78 is 27.3. The van der Waals surface area contributed by atoms with Crippen LogP contribution in [0, 0.1) is 19.8 Å². The number of sulfonamides is 1. The van der Waals surface area contributed by atoms with E-state index in [0.717, 1.165) is 5.56 Å². The predicted octanol–water partition coefficient (Wildman–Crippen LogP) is 3.39. The molecule has 0 unspecified atom stereocenters. The number of carbonyl (C=O) groups is 1. The first-order chi connectivity index (χ1) is 13.6. The first-order valence-corrected chi connectivity index (χ1v) is 11.5. The van der Waals surface area contributed by atoms with Crippen molar-refractivity contribution >= 4 is 39.1 Å². The van der Waals surface area contributed by atoms with Crippen molar-refractivity contribution in [3.63, 3.8) is 0 Å². The minimum absolute atomic E-state index is 0.0197. The second kappa shape index (κ2) is 8.63.